The van der Waals surface area contributed by atoms with Crippen molar-refractivity contribution in [3.05, 3.63) is 50.7 Å². The first-order chi connectivity index (χ1) is 20.8. The number of nitrogens with one attached hydrogen (secondary N) is 2. The minimum absolute atomic E-state index is 0.00614. The molecule has 1 fully saturated rings. The average molecular weight is 624 g/mol. The Hall–Kier alpha value is -4.03. The van der Waals surface area contributed by atoms with Crippen molar-refractivity contribution in [1.82, 2.24) is 24.8 Å². The molecule has 4 aromatic rings. The fourth-order valence-corrected chi connectivity index (χ4v) is 7.22. The highest BCUT2D eigenvalue weighted by Crippen LogP contribution is 2.45. The highest BCUT2D eigenvalue weighted by atomic mass is 32.1. The fraction of sp³-hybridized carbons (Fsp3) is 0.433. The van der Waals surface area contributed by atoms with Crippen LogP contribution in [0.15, 0.2) is 11.0 Å². The highest BCUT2D eigenvalue weighted by molar-refractivity contribution is 7.23. The molecule has 11 nitrogen and oxygen atoms in total. The molecule has 1 unspecified atom stereocenters. The number of carbonyl (C=O) groups is 1. The quantitative estimate of drug-likeness (QED) is 0.307. The van der Waals surface area contributed by atoms with Crippen molar-refractivity contribution in [2.45, 2.75) is 64.6 Å². The Balaban J connectivity index is 1.57. The number of hydrogen-bond acceptors (Lipinski definition) is 10. The molecule has 1 amide bonds. The minimum atomic E-state index is -0.828. The number of halogens is 2. The van der Waals surface area contributed by atoms with Gasteiger partial charge in [-0.15, -0.1) is 11.3 Å². The minimum Gasteiger partial charge on any atom is -0.444 e. The van der Waals surface area contributed by atoms with Crippen LogP contribution in [-0.4, -0.2) is 63.8 Å². The molecule has 44 heavy (non-hydrogen) atoms. The zero-order chi connectivity index (χ0) is 31.7. The number of carbonyl (C=O) groups excluding carboxylic acids is 1. The van der Waals surface area contributed by atoms with Crippen molar-refractivity contribution >= 4 is 43.4 Å². The summed E-state index contributed by atoms with van der Waals surface area (Å²) in [7, 11) is 5.88. The topological polar surface area (TPSA) is 136 Å². The average Bonchev–Trinajstić information content (AvgIpc) is 3.65. The van der Waals surface area contributed by atoms with Crippen molar-refractivity contribution in [2.75, 3.05) is 26.5 Å². The largest absolute Gasteiger partial charge is 0.444 e. The number of aromatic nitrogens is 3. The molecule has 0 aliphatic carbocycles. The van der Waals surface area contributed by atoms with Gasteiger partial charge >= 0.3 is 6.09 Å². The third-order valence-electron chi connectivity index (χ3n) is 8.03. The number of amides is 1. The maximum absolute atomic E-state index is 16.8. The van der Waals surface area contributed by atoms with Gasteiger partial charge in [-0.05, 0) is 65.9 Å². The van der Waals surface area contributed by atoms with E-state index in [4.69, 9.17) is 9.47 Å². The molecule has 0 radical (unpaired) electrons. The van der Waals surface area contributed by atoms with Crippen molar-refractivity contribution in [3.8, 4) is 17.3 Å². The van der Waals surface area contributed by atoms with E-state index in [9.17, 15) is 14.9 Å². The number of ether oxygens (including phenoxy) is 2. The number of pyridine rings is 1. The van der Waals surface area contributed by atoms with Crippen LogP contribution in [0.3, 0.4) is 0 Å². The van der Waals surface area contributed by atoms with Gasteiger partial charge in [0, 0.05) is 10.9 Å². The third-order valence-corrected chi connectivity index (χ3v) is 9.14. The zero-order valence-corrected chi connectivity index (χ0v) is 25.9. The van der Waals surface area contributed by atoms with Gasteiger partial charge in [-0.1, -0.05) is 0 Å². The molecule has 2 atom stereocenters. The maximum Gasteiger partial charge on any atom is 0.412 e. The number of rotatable bonds is 4. The van der Waals surface area contributed by atoms with E-state index in [1.165, 1.54) is 0 Å². The first kappa shape index (κ1) is 30.0. The van der Waals surface area contributed by atoms with Gasteiger partial charge in [0.1, 0.15) is 28.0 Å². The Morgan fingerprint density at radius 1 is 1.25 bits per heavy atom. The van der Waals surface area contributed by atoms with Gasteiger partial charge in [0.05, 0.1) is 53.0 Å². The van der Waals surface area contributed by atoms with E-state index in [1.807, 2.05) is 27.2 Å². The summed E-state index contributed by atoms with van der Waals surface area (Å²) in [4.78, 5) is 42.0. The smallest absolute Gasteiger partial charge is 0.412 e. The van der Waals surface area contributed by atoms with E-state index in [1.54, 1.807) is 20.8 Å². The fourth-order valence-electron chi connectivity index (χ4n) is 6.18. The summed E-state index contributed by atoms with van der Waals surface area (Å²) in [6.45, 7) is 5.08. The van der Waals surface area contributed by atoms with Gasteiger partial charge in [0.2, 0.25) is 0 Å². The summed E-state index contributed by atoms with van der Waals surface area (Å²) >= 11 is 0.822. The van der Waals surface area contributed by atoms with Crippen LogP contribution in [0.25, 0.3) is 32.2 Å². The second-order valence-corrected chi connectivity index (χ2v) is 13.2. The first-order valence-electron chi connectivity index (χ1n) is 14.0. The van der Waals surface area contributed by atoms with E-state index in [0.29, 0.717) is 23.4 Å². The maximum atomic E-state index is 16.8. The standard InChI is InChI=1S/C30H31F2N7O4S/c1-30(2,3)43-29(41)37-28-13(9-33)20-23(34-10-16(31)25(20)44-28)19-14-11-42-12-15(14)21-24(22(19)32)35-26(36-27(21)40)17-7-8-18(38(4)5)39(17)6/h10,17-18H,7-8,11-12H2,1-6H3,(H,37,41)(H,35,36,40)/t17?,18-/m1/s1. The Bertz CT molecular complexity index is 1940. The van der Waals surface area contributed by atoms with Crippen LogP contribution in [-0.2, 0) is 22.7 Å². The van der Waals surface area contributed by atoms with E-state index < -0.39 is 28.9 Å². The van der Waals surface area contributed by atoms with Crippen LogP contribution in [0.2, 0.25) is 0 Å². The van der Waals surface area contributed by atoms with E-state index >= 15 is 8.78 Å². The van der Waals surface area contributed by atoms with E-state index in [0.717, 1.165) is 24.0 Å². The summed E-state index contributed by atoms with van der Waals surface area (Å²) in [6.07, 6.45) is 1.80. The van der Waals surface area contributed by atoms with Crippen molar-refractivity contribution < 1.29 is 23.0 Å². The number of hydrogen-bond donors (Lipinski definition) is 2. The number of fused-ring (bicyclic) bond motifs is 4. The molecule has 1 aromatic carbocycles. The summed E-state index contributed by atoms with van der Waals surface area (Å²) in [5.41, 5.74) is -0.736. The lowest BCUT2D eigenvalue weighted by Gasteiger charge is -2.29. The summed E-state index contributed by atoms with van der Waals surface area (Å²) < 4.78 is 43.0. The third kappa shape index (κ3) is 4.89. The summed E-state index contributed by atoms with van der Waals surface area (Å²) in [6, 6.07) is 1.78. The SMILES string of the molecule is CN(C)[C@H]1CCC(c2nc3c(F)c(-c4ncc(F)c5sc(NC(=O)OC(C)(C)C)c(C#N)c45)c4c(c3c(=O)[nH]2)COC4)N1C. The normalized spacial score (nSPS) is 18.7. The number of aromatic amines is 1. The summed E-state index contributed by atoms with van der Waals surface area (Å²) in [5.74, 6) is -1.22. The second kappa shape index (κ2) is 10.8. The van der Waals surface area contributed by atoms with E-state index in [2.05, 4.69) is 30.1 Å². The Morgan fingerprint density at radius 3 is 2.64 bits per heavy atom. The Kier molecular flexibility index (Phi) is 7.40. The molecule has 6 rings (SSSR count). The number of anilines is 1. The predicted octanol–water partition coefficient (Wildman–Crippen LogP) is 5.38. The van der Waals surface area contributed by atoms with Crippen LogP contribution in [0, 0.1) is 23.0 Å². The van der Waals surface area contributed by atoms with Crippen molar-refractivity contribution in [3.63, 3.8) is 0 Å². The molecule has 14 heteroatoms. The van der Waals surface area contributed by atoms with Crippen LogP contribution in [0.1, 0.15) is 62.2 Å². The molecule has 3 aromatic heterocycles. The van der Waals surface area contributed by atoms with Crippen LogP contribution >= 0.6 is 11.3 Å². The lowest BCUT2D eigenvalue weighted by atomic mass is 9.93. The van der Waals surface area contributed by atoms with Crippen molar-refractivity contribution in [2.24, 2.45) is 0 Å². The van der Waals surface area contributed by atoms with Gasteiger partial charge in [-0.25, -0.2) is 18.6 Å². The van der Waals surface area contributed by atoms with Crippen LogP contribution < -0.4 is 10.9 Å². The Morgan fingerprint density at radius 2 is 1.98 bits per heavy atom. The number of benzene rings is 1. The highest BCUT2D eigenvalue weighted by Gasteiger charge is 2.36. The summed E-state index contributed by atoms with van der Waals surface area (Å²) in [5, 5.41) is 12.8. The molecular weight excluding hydrogens is 592 g/mol. The number of nitrogens with zero attached hydrogens (tertiary/aromatic N) is 5. The number of nitriles is 1. The lowest BCUT2D eigenvalue weighted by Crippen LogP contribution is -2.39. The molecule has 230 valence electrons. The molecular formula is C30H31F2N7O4S. The zero-order valence-electron chi connectivity index (χ0n) is 25.1. The first-order valence-corrected chi connectivity index (χ1v) is 14.9. The molecule has 1 saturated heterocycles. The Labute approximate surface area is 255 Å². The second-order valence-electron chi connectivity index (χ2n) is 12.2. The van der Waals surface area contributed by atoms with Gasteiger partial charge in [0.15, 0.2) is 11.6 Å². The van der Waals surface area contributed by atoms with E-state index in [-0.39, 0.29) is 68.2 Å². The monoisotopic (exact) mass is 623 g/mol. The van der Waals surface area contributed by atoms with Crippen LogP contribution in [0.4, 0.5) is 18.6 Å². The number of likely N-dealkylation sites (tertiary alicyclic amines) is 1. The van der Waals surface area contributed by atoms with Gasteiger partial charge in [-0.2, -0.15) is 5.26 Å². The molecule has 2 aliphatic heterocycles. The van der Waals surface area contributed by atoms with Gasteiger partial charge < -0.3 is 14.5 Å². The molecule has 5 heterocycles. The molecule has 0 bridgehead atoms. The lowest BCUT2D eigenvalue weighted by molar-refractivity contribution is 0.0636. The number of H-pyrrole nitrogens is 1. The molecule has 2 N–H and O–H groups in total. The van der Waals surface area contributed by atoms with Crippen LogP contribution in [0.5, 0.6) is 0 Å². The predicted molar refractivity (Wildman–Crippen MR) is 161 cm³/mol. The molecule has 0 saturated carbocycles. The van der Waals surface area contributed by atoms with Crippen molar-refractivity contribution in [1.29, 1.82) is 5.26 Å². The number of thiophene rings is 1. The molecule has 2 aliphatic rings. The van der Waals surface area contributed by atoms with Gasteiger partial charge in [-0.3, -0.25) is 24.9 Å². The molecule has 0 spiro atoms. The van der Waals surface area contributed by atoms with Gasteiger partial charge in [0.25, 0.3) is 5.56 Å².